The van der Waals surface area contributed by atoms with Gasteiger partial charge in [-0.25, -0.2) is 4.98 Å². The average Bonchev–Trinajstić information content (AvgIpc) is 2.63. The molecule has 0 bridgehead atoms. The van der Waals surface area contributed by atoms with Crippen molar-refractivity contribution < 1.29 is 9.53 Å². The molecule has 25 heavy (non-hydrogen) atoms. The molecule has 0 atom stereocenters. The third-order valence-corrected chi connectivity index (χ3v) is 3.88. The Morgan fingerprint density at radius 1 is 1.16 bits per heavy atom. The number of ether oxygens (including phenoxy) is 1. The highest BCUT2D eigenvalue weighted by molar-refractivity contribution is 9.10. The molecule has 0 spiro atoms. The molecule has 1 amide bonds. The van der Waals surface area contributed by atoms with Crippen LogP contribution in [-0.4, -0.2) is 15.9 Å². The van der Waals surface area contributed by atoms with E-state index in [2.05, 4.69) is 31.2 Å². The molecule has 3 aromatic rings. The number of carbonyl (C=O) groups excluding carboxylic acids is 1. The number of amides is 1. The molecule has 0 saturated carbocycles. The third-order valence-electron chi connectivity index (χ3n) is 3.33. The van der Waals surface area contributed by atoms with Crippen LogP contribution >= 0.6 is 15.9 Å². The van der Waals surface area contributed by atoms with Gasteiger partial charge in [0.1, 0.15) is 6.61 Å². The largest absolute Gasteiger partial charge is 0.472 e. The zero-order valence-electron chi connectivity index (χ0n) is 13.1. The predicted octanol–water partition coefficient (Wildman–Crippen LogP) is 3.66. The summed E-state index contributed by atoms with van der Waals surface area (Å²) in [6.07, 6.45) is 1.60. The van der Waals surface area contributed by atoms with Gasteiger partial charge in [-0.2, -0.15) is 4.98 Å². The minimum absolute atomic E-state index is 0.355. The molecule has 0 aliphatic carbocycles. The first-order valence-electron chi connectivity index (χ1n) is 7.48. The number of nitrogens with zero attached hydrogens (tertiary/aromatic N) is 2. The summed E-state index contributed by atoms with van der Waals surface area (Å²) in [5.74, 6) is 0.285. The number of aromatic nitrogens is 2. The summed E-state index contributed by atoms with van der Waals surface area (Å²) in [4.78, 5) is 19.8. The van der Waals surface area contributed by atoms with E-state index >= 15 is 0 Å². The van der Waals surface area contributed by atoms with Crippen LogP contribution in [0.3, 0.4) is 0 Å². The van der Waals surface area contributed by atoms with E-state index in [-0.39, 0.29) is 0 Å². The van der Waals surface area contributed by atoms with Crippen molar-refractivity contribution in [3.8, 4) is 5.88 Å². The highest BCUT2D eigenvalue weighted by atomic mass is 79.9. The standard InChI is InChI=1S/C18H15BrN4O2/c19-15-10-21-18(22-14-8-4-7-13(9-14)16(20)24)23-17(15)25-11-12-5-2-1-3-6-12/h1-10H,11H2,(H2,20,24)(H,21,22,23). The van der Waals surface area contributed by atoms with Gasteiger partial charge < -0.3 is 15.8 Å². The van der Waals surface area contributed by atoms with E-state index in [1.807, 2.05) is 30.3 Å². The number of nitrogens with two attached hydrogens (primary N) is 1. The zero-order chi connectivity index (χ0) is 17.6. The Morgan fingerprint density at radius 3 is 2.72 bits per heavy atom. The summed E-state index contributed by atoms with van der Waals surface area (Å²) in [6.45, 7) is 0.396. The van der Waals surface area contributed by atoms with E-state index in [9.17, 15) is 4.79 Å². The Kier molecular flexibility index (Phi) is 5.25. The molecule has 0 saturated heterocycles. The molecule has 0 radical (unpaired) electrons. The van der Waals surface area contributed by atoms with Gasteiger partial charge in [-0.3, -0.25) is 4.79 Å². The van der Waals surface area contributed by atoms with Gasteiger partial charge in [0.2, 0.25) is 17.7 Å². The minimum Gasteiger partial charge on any atom is -0.472 e. The van der Waals surface area contributed by atoms with Crippen molar-refractivity contribution in [2.45, 2.75) is 6.61 Å². The summed E-state index contributed by atoms with van der Waals surface area (Å²) in [6, 6.07) is 16.6. The van der Waals surface area contributed by atoms with Gasteiger partial charge in [-0.1, -0.05) is 36.4 Å². The maximum atomic E-state index is 11.3. The SMILES string of the molecule is NC(=O)c1cccc(Nc2ncc(Br)c(OCc3ccccc3)n2)c1. The van der Waals surface area contributed by atoms with Gasteiger partial charge in [-0.15, -0.1) is 0 Å². The lowest BCUT2D eigenvalue weighted by Crippen LogP contribution is -2.11. The lowest BCUT2D eigenvalue weighted by atomic mass is 10.2. The topological polar surface area (TPSA) is 90.1 Å². The van der Waals surface area contributed by atoms with Crippen LogP contribution in [0.25, 0.3) is 0 Å². The van der Waals surface area contributed by atoms with Crippen LogP contribution in [0.2, 0.25) is 0 Å². The van der Waals surface area contributed by atoms with Crippen molar-refractivity contribution in [3.05, 3.63) is 76.4 Å². The maximum absolute atomic E-state index is 11.3. The summed E-state index contributed by atoms with van der Waals surface area (Å²) >= 11 is 3.38. The minimum atomic E-state index is -0.493. The quantitative estimate of drug-likeness (QED) is 0.660. The van der Waals surface area contributed by atoms with Gasteiger partial charge in [0.25, 0.3) is 0 Å². The molecule has 2 aromatic carbocycles. The average molecular weight is 399 g/mol. The number of hydrogen-bond acceptors (Lipinski definition) is 5. The second-order valence-electron chi connectivity index (χ2n) is 5.19. The van der Waals surface area contributed by atoms with Crippen molar-refractivity contribution in [2.75, 3.05) is 5.32 Å². The molecule has 7 heteroatoms. The van der Waals surface area contributed by atoms with Crippen LogP contribution in [0.4, 0.5) is 11.6 Å². The van der Waals surface area contributed by atoms with Gasteiger partial charge in [0, 0.05) is 11.3 Å². The lowest BCUT2D eigenvalue weighted by molar-refractivity contribution is 0.100. The van der Waals surface area contributed by atoms with Crippen LogP contribution in [0, 0.1) is 0 Å². The monoisotopic (exact) mass is 398 g/mol. The van der Waals surface area contributed by atoms with Crippen LogP contribution in [0.1, 0.15) is 15.9 Å². The molecule has 0 aliphatic heterocycles. The highest BCUT2D eigenvalue weighted by Gasteiger charge is 2.08. The number of benzene rings is 2. The van der Waals surface area contributed by atoms with Gasteiger partial charge >= 0.3 is 0 Å². The molecule has 126 valence electrons. The number of carbonyl (C=O) groups is 1. The van der Waals surface area contributed by atoms with Crippen LogP contribution < -0.4 is 15.8 Å². The van der Waals surface area contributed by atoms with Crippen molar-refractivity contribution in [3.63, 3.8) is 0 Å². The van der Waals surface area contributed by atoms with Crippen LogP contribution in [0.5, 0.6) is 5.88 Å². The molecular weight excluding hydrogens is 384 g/mol. The van der Waals surface area contributed by atoms with Gasteiger partial charge in [0.05, 0.1) is 10.7 Å². The Labute approximate surface area is 153 Å². The molecule has 3 rings (SSSR count). The summed E-state index contributed by atoms with van der Waals surface area (Å²) in [5.41, 5.74) is 7.39. The number of primary amides is 1. The first-order chi connectivity index (χ1) is 12.1. The van der Waals surface area contributed by atoms with E-state index in [0.29, 0.717) is 34.2 Å². The van der Waals surface area contributed by atoms with Gasteiger partial charge in [-0.05, 0) is 39.7 Å². The summed E-state index contributed by atoms with van der Waals surface area (Å²) in [7, 11) is 0. The second kappa shape index (κ2) is 7.76. The Hall–Kier alpha value is -2.93. The number of anilines is 2. The Morgan fingerprint density at radius 2 is 1.96 bits per heavy atom. The zero-order valence-corrected chi connectivity index (χ0v) is 14.7. The second-order valence-corrected chi connectivity index (χ2v) is 6.05. The number of nitrogens with one attached hydrogen (secondary N) is 1. The van der Waals surface area contributed by atoms with E-state index in [1.165, 1.54) is 0 Å². The van der Waals surface area contributed by atoms with E-state index < -0.39 is 5.91 Å². The number of rotatable bonds is 6. The molecule has 0 aliphatic rings. The lowest BCUT2D eigenvalue weighted by Gasteiger charge is -2.10. The molecule has 0 fully saturated rings. The molecule has 1 heterocycles. The van der Waals surface area contributed by atoms with Crippen molar-refractivity contribution >= 4 is 33.5 Å². The normalized spacial score (nSPS) is 10.3. The Balaban J connectivity index is 1.75. The molecule has 3 N–H and O–H groups in total. The van der Waals surface area contributed by atoms with E-state index in [4.69, 9.17) is 10.5 Å². The molecule has 0 unspecified atom stereocenters. The summed E-state index contributed by atoms with van der Waals surface area (Å²) in [5, 5.41) is 3.03. The smallest absolute Gasteiger partial charge is 0.248 e. The maximum Gasteiger partial charge on any atom is 0.248 e. The van der Waals surface area contributed by atoms with E-state index in [0.717, 1.165) is 5.56 Å². The van der Waals surface area contributed by atoms with Crippen LogP contribution in [0.15, 0.2) is 65.3 Å². The fraction of sp³-hybridized carbons (Fsp3) is 0.0556. The Bertz CT molecular complexity index is 887. The van der Waals surface area contributed by atoms with Crippen molar-refractivity contribution in [2.24, 2.45) is 5.73 Å². The molecule has 1 aromatic heterocycles. The fourth-order valence-corrected chi connectivity index (χ4v) is 2.42. The van der Waals surface area contributed by atoms with E-state index in [1.54, 1.807) is 30.5 Å². The highest BCUT2D eigenvalue weighted by Crippen LogP contribution is 2.25. The van der Waals surface area contributed by atoms with Gasteiger partial charge in [0.15, 0.2) is 0 Å². The summed E-state index contributed by atoms with van der Waals surface area (Å²) < 4.78 is 6.40. The number of halogens is 1. The predicted molar refractivity (Wildman–Crippen MR) is 98.7 cm³/mol. The first kappa shape index (κ1) is 16.9. The first-order valence-corrected chi connectivity index (χ1v) is 8.27. The fourth-order valence-electron chi connectivity index (χ4n) is 2.12. The molecular formula is C18H15BrN4O2. The van der Waals surface area contributed by atoms with Crippen molar-refractivity contribution in [1.82, 2.24) is 9.97 Å². The van der Waals surface area contributed by atoms with Crippen molar-refractivity contribution in [1.29, 1.82) is 0 Å². The van der Waals surface area contributed by atoms with Crippen LogP contribution in [-0.2, 0) is 6.61 Å². The third kappa shape index (κ3) is 4.54. The number of hydrogen-bond donors (Lipinski definition) is 2. The molecule has 6 nitrogen and oxygen atoms in total.